The summed E-state index contributed by atoms with van der Waals surface area (Å²) in [5.41, 5.74) is 5.29. The van der Waals surface area contributed by atoms with Crippen LogP contribution in [-0.2, 0) is 4.79 Å². The average molecular weight is 256 g/mol. The van der Waals surface area contributed by atoms with Crippen LogP contribution < -0.4 is 11.1 Å². The number of carbonyl (C=O) groups is 1. The minimum atomic E-state index is -0.307. The molecule has 0 aliphatic heterocycles. The van der Waals surface area contributed by atoms with E-state index in [9.17, 15) is 9.90 Å². The summed E-state index contributed by atoms with van der Waals surface area (Å²) in [4.78, 5) is 11.9. The highest BCUT2D eigenvalue weighted by atomic mass is 16.3. The molecule has 4 N–H and O–H groups in total. The first-order valence-electron chi connectivity index (χ1n) is 7.15. The summed E-state index contributed by atoms with van der Waals surface area (Å²) in [7, 11) is 0. The summed E-state index contributed by atoms with van der Waals surface area (Å²) in [6.45, 7) is 5.11. The van der Waals surface area contributed by atoms with Gasteiger partial charge in [0.25, 0.3) is 0 Å². The van der Waals surface area contributed by atoms with E-state index in [-0.39, 0.29) is 18.1 Å². The topological polar surface area (TPSA) is 75.4 Å². The van der Waals surface area contributed by atoms with Crippen LogP contribution in [0.2, 0.25) is 0 Å². The molecule has 0 spiro atoms. The molecule has 1 aliphatic carbocycles. The van der Waals surface area contributed by atoms with Gasteiger partial charge in [0, 0.05) is 6.42 Å². The van der Waals surface area contributed by atoms with E-state index < -0.39 is 0 Å². The maximum absolute atomic E-state index is 11.9. The third-order valence-corrected chi connectivity index (χ3v) is 4.24. The van der Waals surface area contributed by atoms with Gasteiger partial charge in [-0.05, 0) is 50.5 Å². The van der Waals surface area contributed by atoms with E-state index in [0.717, 1.165) is 32.1 Å². The van der Waals surface area contributed by atoms with Crippen LogP contribution in [-0.4, -0.2) is 29.7 Å². The molecule has 106 valence electrons. The molecule has 0 aromatic heterocycles. The second-order valence-corrected chi connectivity index (χ2v) is 5.96. The number of amides is 1. The predicted molar refractivity (Wildman–Crippen MR) is 73.0 cm³/mol. The van der Waals surface area contributed by atoms with Crippen molar-refractivity contribution in [3.8, 4) is 0 Å². The normalized spacial score (nSPS) is 19.4. The maximum Gasteiger partial charge on any atom is 0.220 e. The Kier molecular flexibility index (Phi) is 6.09. The fourth-order valence-corrected chi connectivity index (χ4v) is 2.63. The lowest BCUT2D eigenvalue weighted by molar-refractivity contribution is -0.125. The Labute approximate surface area is 110 Å². The second-order valence-electron chi connectivity index (χ2n) is 5.96. The molecule has 0 radical (unpaired) electrons. The zero-order valence-electron chi connectivity index (χ0n) is 11.7. The highest BCUT2D eigenvalue weighted by Gasteiger charge is 2.37. The lowest BCUT2D eigenvalue weighted by atomic mass is 9.77. The molecule has 1 amide bonds. The van der Waals surface area contributed by atoms with Gasteiger partial charge in [-0.15, -0.1) is 0 Å². The van der Waals surface area contributed by atoms with Crippen LogP contribution in [0.25, 0.3) is 0 Å². The number of aliphatic hydroxyl groups is 1. The van der Waals surface area contributed by atoms with Crippen LogP contribution in [0.15, 0.2) is 0 Å². The molecule has 4 heteroatoms. The Morgan fingerprint density at radius 1 is 1.39 bits per heavy atom. The van der Waals surface area contributed by atoms with Crippen molar-refractivity contribution in [3.05, 3.63) is 0 Å². The lowest BCUT2D eigenvalue weighted by Gasteiger charge is -2.41. The van der Waals surface area contributed by atoms with Crippen molar-refractivity contribution in [3.63, 3.8) is 0 Å². The van der Waals surface area contributed by atoms with E-state index in [1.54, 1.807) is 0 Å². The van der Waals surface area contributed by atoms with Crippen molar-refractivity contribution in [2.75, 3.05) is 13.2 Å². The van der Waals surface area contributed by atoms with Gasteiger partial charge in [0.15, 0.2) is 0 Å². The number of nitrogens with one attached hydrogen (secondary N) is 1. The fraction of sp³-hybridized carbons (Fsp3) is 0.929. The van der Waals surface area contributed by atoms with Crippen molar-refractivity contribution in [1.82, 2.24) is 5.32 Å². The predicted octanol–water partition coefficient (Wildman–Crippen LogP) is 1.42. The number of aliphatic hydroxyl groups excluding tert-OH is 1. The quantitative estimate of drug-likeness (QED) is 0.615. The van der Waals surface area contributed by atoms with Gasteiger partial charge < -0.3 is 16.2 Å². The zero-order chi connectivity index (χ0) is 13.6. The molecule has 1 unspecified atom stereocenters. The number of hydrogen-bond donors (Lipinski definition) is 3. The average Bonchev–Trinajstić information content (AvgIpc) is 2.28. The van der Waals surface area contributed by atoms with Gasteiger partial charge >= 0.3 is 0 Å². The first-order chi connectivity index (χ1) is 8.53. The van der Waals surface area contributed by atoms with Crippen molar-refractivity contribution >= 4 is 5.91 Å². The van der Waals surface area contributed by atoms with Crippen LogP contribution >= 0.6 is 0 Å². The summed E-state index contributed by atoms with van der Waals surface area (Å²) >= 11 is 0. The van der Waals surface area contributed by atoms with Crippen LogP contribution in [0.5, 0.6) is 0 Å². The van der Waals surface area contributed by atoms with Gasteiger partial charge in [-0.1, -0.05) is 13.8 Å². The highest BCUT2D eigenvalue weighted by Crippen LogP contribution is 2.31. The lowest BCUT2D eigenvalue weighted by Crippen LogP contribution is -2.56. The molecule has 1 saturated carbocycles. The Balaban J connectivity index is 2.31. The van der Waals surface area contributed by atoms with E-state index in [1.807, 2.05) is 0 Å². The fourth-order valence-electron chi connectivity index (χ4n) is 2.63. The van der Waals surface area contributed by atoms with Crippen LogP contribution in [0.3, 0.4) is 0 Å². The minimum absolute atomic E-state index is 0.0646. The SMILES string of the molecule is CC(C)C(CCN)CCC(=O)NC1(CO)CCC1. The number of hydrogen-bond acceptors (Lipinski definition) is 3. The second kappa shape index (κ2) is 7.10. The van der Waals surface area contributed by atoms with Crippen molar-refractivity contribution in [2.24, 2.45) is 17.6 Å². The summed E-state index contributed by atoms with van der Waals surface area (Å²) in [6.07, 6.45) is 5.34. The Morgan fingerprint density at radius 2 is 2.06 bits per heavy atom. The standard InChI is InChI=1S/C14H28N2O2/c1-11(2)12(6-9-15)4-5-13(18)16-14(10-17)7-3-8-14/h11-12,17H,3-10,15H2,1-2H3,(H,16,18). The molecular weight excluding hydrogens is 228 g/mol. The van der Waals surface area contributed by atoms with Crippen LogP contribution in [0.1, 0.15) is 52.4 Å². The summed E-state index contributed by atoms with van der Waals surface area (Å²) in [5, 5.41) is 12.3. The molecule has 0 aromatic carbocycles. The van der Waals surface area contributed by atoms with Gasteiger partial charge in [-0.3, -0.25) is 4.79 Å². The summed E-state index contributed by atoms with van der Waals surface area (Å²) in [5.74, 6) is 1.16. The Hall–Kier alpha value is -0.610. The molecule has 0 bridgehead atoms. The molecule has 1 aliphatic rings. The molecule has 0 heterocycles. The third kappa shape index (κ3) is 4.25. The molecule has 1 rings (SSSR count). The molecule has 4 nitrogen and oxygen atoms in total. The van der Waals surface area contributed by atoms with E-state index >= 15 is 0 Å². The Bertz CT molecular complexity index is 257. The monoisotopic (exact) mass is 256 g/mol. The third-order valence-electron chi connectivity index (χ3n) is 4.24. The molecule has 0 aromatic rings. The Morgan fingerprint density at radius 3 is 2.44 bits per heavy atom. The van der Waals surface area contributed by atoms with Crippen LogP contribution in [0, 0.1) is 11.8 Å². The van der Waals surface area contributed by atoms with E-state index in [4.69, 9.17) is 5.73 Å². The van der Waals surface area contributed by atoms with E-state index in [1.165, 1.54) is 0 Å². The van der Waals surface area contributed by atoms with Gasteiger partial charge in [0.05, 0.1) is 12.1 Å². The summed E-state index contributed by atoms with van der Waals surface area (Å²) in [6, 6.07) is 0. The maximum atomic E-state index is 11.9. The number of rotatable bonds is 8. The molecule has 0 saturated heterocycles. The van der Waals surface area contributed by atoms with E-state index in [0.29, 0.717) is 24.8 Å². The van der Waals surface area contributed by atoms with Crippen molar-refractivity contribution < 1.29 is 9.90 Å². The van der Waals surface area contributed by atoms with Gasteiger partial charge in [-0.25, -0.2) is 0 Å². The molecule has 1 atom stereocenters. The van der Waals surface area contributed by atoms with Gasteiger partial charge in [-0.2, -0.15) is 0 Å². The number of carbonyl (C=O) groups excluding carboxylic acids is 1. The number of nitrogens with two attached hydrogens (primary N) is 1. The first kappa shape index (κ1) is 15.4. The van der Waals surface area contributed by atoms with Crippen molar-refractivity contribution in [2.45, 2.75) is 57.9 Å². The largest absolute Gasteiger partial charge is 0.394 e. The van der Waals surface area contributed by atoms with Crippen molar-refractivity contribution in [1.29, 1.82) is 0 Å². The minimum Gasteiger partial charge on any atom is -0.394 e. The van der Waals surface area contributed by atoms with Gasteiger partial charge in [0.2, 0.25) is 5.91 Å². The smallest absolute Gasteiger partial charge is 0.220 e. The molecule has 18 heavy (non-hydrogen) atoms. The molecule has 1 fully saturated rings. The van der Waals surface area contributed by atoms with Gasteiger partial charge in [0.1, 0.15) is 0 Å². The molecular formula is C14H28N2O2. The zero-order valence-corrected chi connectivity index (χ0v) is 11.7. The van der Waals surface area contributed by atoms with Crippen LogP contribution in [0.4, 0.5) is 0 Å². The highest BCUT2D eigenvalue weighted by molar-refractivity contribution is 5.77. The summed E-state index contributed by atoms with van der Waals surface area (Å²) < 4.78 is 0. The van der Waals surface area contributed by atoms with E-state index in [2.05, 4.69) is 19.2 Å². The first-order valence-corrected chi connectivity index (χ1v) is 7.15.